The van der Waals surface area contributed by atoms with E-state index in [0.29, 0.717) is 17.4 Å². The molecule has 1 aromatic carbocycles. The molecule has 1 aliphatic rings. The van der Waals surface area contributed by atoms with Crippen LogP contribution in [0, 0.1) is 0 Å². The Hall–Kier alpha value is -2.70. The van der Waals surface area contributed by atoms with Crippen LogP contribution in [0.15, 0.2) is 23.0 Å². The number of aryl methyl sites for hydroxylation is 1. The van der Waals surface area contributed by atoms with Gasteiger partial charge in [0.25, 0.3) is 11.5 Å². The van der Waals surface area contributed by atoms with Crippen molar-refractivity contribution in [1.29, 1.82) is 0 Å². The number of nitrogens with zero attached hydrogens (tertiary/aromatic N) is 3. The van der Waals surface area contributed by atoms with E-state index in [1.807, 2.05) is 27.7 Å². The molecule has 0 N–H and O–H groups in total. The summed E-state index contributed by atoms with van der Waals surface area (Å²) in [6.07, 6.45) is 2.91. The summed E-state index contributed by atoms with van der Waals surface area (Å²) in [5, 5.41) is 0.493. The molecule has 1 amide bonds. The first-order chi connectivity index (χ1) is 14.2. The number of carbonyl (C=O) groups excluding carboxylic acids is 2. The highest BCUT2D eigenvalue weighted by atomic mass is 16.5. The van der Waals surface area contributed by atoms with Crippen LogP contribution in [0.1, 0.15) is 70.1 Å². The van der Waals surface area contributed by atoms with Crippen molar-refractivity contribution in [2.24, 2.45) is 0 Å². The third kappa shape index (κ3) is 4.40. The molecule has 1 atom stereocenters. The molecule has 1 aromatic heterocycles. The van der Waals surface area contributed by atoms with Crippen molar-refractivity contribution in [2.45, 2.75) is 85.0 Å². The summed E-state index contributed by atoms with van der Waals surface area (Å²) in [4.78, 5) is 44.6. The summed E-state index contributed by atoms with van der Waals surface area (Å²) in [6.45, 7) is 10.0. The summed E-state index contributed by atoms with van der Waals surface area (Å²) < 4.78 is 7.20. The molecular formula is C23H31N3O4. The highest BCUT2D eigenvalue weighted by Gasteiger charge is 2.28. The van der Waals surface area contributed by atoms with Crippen molar-refractivity contribution in [3.63, 3.8) is 0 Å². The predicted molar refractivity (Wildman–Crippen MR) is 116 cm³/mol. The number of amides is 1. The maximum atomic E-state index is 12.8. The highest BCUT2D eigenvalue weighted by Crippen LogP contribution is 2.18. The van der Waals surface area contributed by atoms with Crippen molar-refractivity contribution in [2.75, 3.05) is 0 Å². The fraction of sp³-hybridized carbons (Fsp3) is 0.565. The van der Waals surface area contributed by atoms with E-state index in [0.717, 1.165) is 31.5 Å². The van der Waals surface area contributed by atoms with Gasteiger partial charge in [-0.25, -0.2) is 9.78 Å². The number of benzene rings is 1. The highest BCUT2D eigenvalue weighted by molar-refractivity contribution is 5.95. The Bertz CT molecular complexity index is 1000. The van der Waals surface area contributed by atoms with Gasteiger partial charge in [-0.3, -0.25) is 14.2 Å². The van der Waals surface area contributed by atoms with Crippen molar-refractivity contribution in [3.05, 3.63) is 39.9 Å². The zero-order chi connectivity index (χ0) is 22.0. The molecule has 2 heterocycles. The summed E-state index contributed by atoms with van der Waals surface area (Å²) >= 11 is 0. The lowest BCUT2D eigenvalue weighted by Crippen LogP contribution is -2.47. The average Bonchev–Trinajstić information content (AvgIpc) is 2.92. The zero-order valence-corrected chi connectivity index (χ0v) is 18.5. The fourth-order valence-corrected chi connectivity index (χ4v) is 4.14. The van der Waals surface area contributed by atoms with Crippen LogP contribution in [0.4, 0.5) is 0 Å². The summed E-state index contributed by atoms with van der Waals surface area (Å²) in [6, 6.07) is 4.79. The number of ether oxygens (including phenoxy) is 1. The van der Waals surface area contributed by atoms with E-state index < -0.39 is 12.1 Å². The topological polar surface area (TPSA) is 81.5 Å². The number of aromatic nitrogens is 2. The molecule has 30 heavy (non-hydrogen) atoms. The zero-order valence-electron chi connectivity index (χ0n) is 18.5. The van der Waals surface area contributed by atoms with Crippen LogP contribution in [0.3, 0.4) is 0 Å². The van der Waals surface area contributed by atoms with Gasteiger partial charge in [0.1, 0.15) is 5.82 Å². The van der Waals surface area contributed by atoms with Gasteiger partial charge in [-0.2, -0.15) is 0 Å². The molecule has 7 heteroatoms. The van der Waals surface area contributed by atoms with Crippen molar-refractivity contribution < 1.29 is 14.3 Å². The van der Waals surface area contributed by atoms with Crippen LogP contribution in [0.25, 0.3) is 10.9 Å². The van der Waals surface area contributed by atoms with Crippen LogP contribution in [-0.2, 0) is 22.5 Å². The first-order valence-electron chi connectivity index (χ1n) is 10.8. The van der Waals surface area contributed by atoms with Gasteiger partial charge in [0.05, 0.1) is 16.5 Å². The first kappa shape index (κ1) is 22.0. The second-order valence-electron chi connectivity index (χ2n) is 8.51. The monoisotopic (exact) mass is 413 g/mol. The van der Waals surface area contributed by atoms with Crippen molar-refractivity contribution in [3.8, 4) is 0 Å². The standard InChI is InChI=1S/C23H31N3O4/c1-14(2)26(15(3)4)21(27)16(5)30-23(29)17-10-11-18-19(13-17)24-20-9-7-6-8-12-25(20)22(18)28/h10-11,13-16H,6-9,12H2,1-5H3/t16-/m0/s1. The lowest BCUT2D eigenvalue weighted by atomic mass is 10.1. The number of esters is 1. The molecule has 0 fully saturated rings. The first-order valence-corrected chi connectivity index (χ1v) is 10.8. The Morgan fingerprint density at radius 3 is 2.43 bits per heavy atom. The van der Waals surface area contributed by atoms with E-state index in [-0.39, 0.29) is 29.1 Å². The van der Waals surface area contributed by atoms with Crippen LogP contribution < -0.4 is 5.56 Å². The van der Waals surface area contributed by atoms with Gasteiger partial charge in [0.15, 0.2) is 6.10 Å². The Balaban J connectivity index is 1.85. The van der Waals surface area contributed by atoms with E-state index in [2.05, 4.69) is 4.98 Å². The summed E-state index contributed by atoms with van der Waals surface area (Å²) in [7, 11) is 0. The molecule has 0 radical (unpaired) electrons. The van der Waals surface area contributed by atoms with Crippen LogP contribution in [0.5, 0.6) is 0 Å². The second kappa shape index (κ2) is 8.98. The molecule has 0 saturated heterocycles. The minimum atomic E-state index is -0.899. The van der Waals surface area contributed by atoms with E-state index in [1.54, 1.807) is 34.6 Å². The molecule has 0 aliphatic carbocycles. The molecule has 3 rings (SSSR count). The quantitative estimate of drug-likeness (QED) is 0.703. The molecular weight excluding hydrogens is 382 g/mol. The van der Waals surface area contributed by atoms with Gasteiger partial charge in [0.2, 0.25) is 0 Å². The number of hydrogen-bond donors (Lipinski definition) is 0. The fourth-order valence-electron chi connectivity index (χ4n) is 4.14. The number of fused-ring (bicyclic) bond motifs is 2. The lowest BCUT2D eigenvalue weighted by Gasteiger charge is -2.32. The average molecular weight is 414 g/mol. The van der Waals surface area contributed by atoms with Gasteiger partial charge >= 0.3 is 5.97 Å². The largest absolute Gasteiger partial charge is 0.449 e. The maximum Gasteiger partial charge on any atom is 0.338 e. The summed E-state index contributed by atoms with van der Waals surface area (Å²) in [5.41, 5.74) is 0.714. The van der Waals surface area contributed by atoms with Crippen molar-refractivity contribution >= 4 is 22.8 Å². The molecule has 1 aliphatic heterocycles. The minimum Gasteiger partial charge on any atom is -0.449 e. The molecule has 0 bridgehead atoms. The number of carbonyl (C=O) groups is 2. The summed E-state index contributed by atoms with van der Waals surface area (Å²) in [5.74, 6) is -0.0542. The van der Waals surface area contributed by atoms with Crippen LogP contribution in [-0.4, -0.2) is 44.5 Å². The Morgan fingerprint density at radius 2 is 1.77 bits per heavy atom. The van der Waals surface area contributed by atoms with E-state index in [4.69, 9.17) is 4.74 Å². The SMILES string of the molecule is CC(C)N(C(=O)[C@H](C)OC(=O)c1ccc2c(=O)n3c(nc2c1)CCCCC3)C(C)C. The Kier molecular flexibility index (Phi) is 6.58. The lowest BCUT2D eigenvalue weighted by molar-refractivity contribution is -0.143. The maximum absolute atomic E-state index is 12.8. The molecule has 162 valence electrons. The molecule has 0 saturated carbocycles. The normalized spacial score (nSPS) is 15.0. The minimum absolute atomic E-state index is 0.00625. The third-order valence-corrected chi connectivity index (χ3v) is 5.55. The van der Waals surface area contributed by atoms with Crippen LogP contribution in [0.2, 0.25) is 0 Å². The second-order valence-corrected chi connectivity index (χ2v) is 8.51. The van der Waals surface area contributed by atoms with E-state index in [9.17, 15) is 14.4 Å². The Labute approximate surface area is 177 Å². The predicted octanol–water partition coefficient (Wildman–Crippen LogP) is 3.31. The number of rotatable bonds is 5. The van der Waals surface area contributed by atoms with Crippen LogP contribution >= 0.6 is 0 Å². The van der Waals surface area contributed by atoms with E-state index in [1.165, 1.54) is 0 Å². The smallest absolute Gasteiger partial charge is 0.338 e. The molecule has 7 nitrogen and oxygen atoms in total. The van der Waals surface area contributed by atoms with Gasteiger partial charge in [-0.15, -0.1) is 0 Å². The molecule has 0 unspecified atom stereocenters. The van der Waals surface area contributed by atoms with Gasteiger partial charge in [-0.05, 0) is 65.7 Å². The molecule has 2 aromatic rings. The van der Waals surface area contributed by atoms with Crippen molar-refractivity contribution in [1.82, 2.24) is 14.5 Å². The Morgan fingerprint density at radius 1 is 1.07 bits per heavy atom. The van der Waals surface area contributed by atoms with E-state index >= 15 is 0 Å². The van der Waals surface area contributed by atoms with Gasteiger partial charge in [0, 0.05) is 25.0 Å². The number of hydrogen-bond acceptors (Lipinski definition) is 5. The molecule has 0 spiro atoms. The van der Waals surface area contributed by atoms with Gasteiger partial charge < -0.3 is 9.64 Å². The third-order valence-electron chi connectivity index (χ3n) is 5.55. The van der Waals surface area contributed by atoms with Gasteiger partial charge in [-0.1, -0.05) is 6.42 Å².